The predicted octanol–water partition coefficient (Wildman–Crippen LogP) is 1.71. The molecule has 1 aliphatic rings. The third-order valence-electron chi connectivity index (χ3n) is 3.97. The molecular weight excluding hydrogens is 306 g/mol. The van der Waals surface area contributed by atoms with E-state index < -0.39 is 0 Å². The summed E-state index contributed by atoms with van der Waals surface area (Å²) in [7, 11) is 0. The Kier molecular flexibility index (Phi) is 4.53. The molecule has 1 aliphatic heterocycles. The zero-order valence-corrected chi connectivity index (χ0v) is 14.4. The number of aromatic nitrogens is 4. The van der Waals surface area contributed by atoms with Gasteiger partial charge in [0.05, 0.1) is 24.4 Å². The quantitative estimate of drug-likeness (QED) is 0.835. The molecule has 3 rings (SSSR count). The lowest BCUT2D eigenvalue weighted by atomic mass is 10.1. The van der Waals surface area contributed by atoms with E-state index in [9.17, 15) is 4.79 Å². The lowest BCUT2D eigenvalue weighted by molar-refractivity contribution is -0.0270. The van der Waals surface area contributed by atoms with Crippen molar-refractivity contribution in [3.8, 4) is 0 Å². The van der Waals surface area contributed by atoms with Crippen molar-refractivity contribution in [1.29, 1.82) is 0 Å². The van der Waals surface area contributed by atoms with Gasteiger partial charge in [-0.05, 0) is 33.8 Å². The van der Waals surface area contributed by atoms with Crippen LogP contribution in [-0.4, -0.2) is 50.4 Å². The molecule has 126 valence electrons. The van der Waals surface area contributed by atoms with Gasteiger partial charge >= 0.3 is 0 Å². The summed E-state index contributed by atoms with van der Waals surface area (Å²) in [5.41, 5.74) is 3.01. The van der Waals surface area contributed by atoms with Gasteiger partial charge < -0.3 is 9.64 Å². The number of hydrogen-bond donors (Lipinski definition) is 0. The highest BCUT2D eigenvalue weighted by molar-refractivity contribution is 5.95. The lowest BCUT2D eigenvalue weighted by Gasteiger charge is -2.32. The van der Waals surface area contributed by atoms with Crippen molar-refractivity contribution in [2.75, 3.05) is 19.7 Å². The summed E-state index contributed by atoms with van der Waals surface area (Å²) in [4.78, 5) is 31.9. The average molecular weight is 327 g/mol. The maximum absolute atomic E-state index is 12.8. The topological polar surface area (TPSA) is 81.1 Å². The van der Waals surface area contributed by atoms with E-state index in [1.54, 1.807) is 11.1 Å². The van der Waals surface area contributed by atoms with Crippen molar-refractivity contribution in [2.24, 2.45) is 0 Å². The van der Waals surface area contributed by atoms with Gasteiger partial charge in [0, 0.05) is 24.1 Å². The number of carbonyl (C=O) groups is 1. The second-order valence-electron chi connectivity index (χ2n) is 6.04. The smallest absolute Gasteiger partial charge is 0.257 e. The fourth-order valence-electron chi connectivity index (χ4n) is 2.85. The first-order valence-corrected chi connectivity index (χ1v) is 7.97. The largest absolute Gasteiger partial charge is 0.367 e. The van der Waals surface area contributed by atoms with Crippen molar-refractivity contribution >= 4 is 5.91 Å². The molecule has 3 heterocycles. The fraction of sp³-hybridized carbons (Fsp3) is 0.471. The molecule has 0 N–H and O–H groups in total. The van der Waals surface area contributed by atoms with E-state index >= 15 is 0 Å². The Morgan fingerprint density at radius 3 is 2.54 bits per heavy atom. The van der Waals surface area contributed by atoms with Crippen molar-refractivity contribution in [2.45, 2.75) is 33.8 Å². The Balaban J connectivity index is 1.81. The second-order valence-corrected chi connectivity index (χ2v) is 6.04. The Morgan fingerprint density at radius 2 is 1.88 bits per heavy atom. The maximum atomic E-state index is 12.8. The van der Waals surface area contributed by atoms with Crippen molar-refractivity contribution in [1.82, 2.24) is 24.8 Å². The monoisotopic (exact) mass is 327 g/mol. The first kappa shape index (κ1) is 16.4. The van der Waals surface area contributed by atoms with Crippen LogP contribution in [0.2, 0.25) is 0 Å². The molecule has 0 saturated carbocycles. The first-order valence-electron chi connectivity index (χ1n) is 7.97. The summed E-state index contributed by atoms with van der Waals surface area (Å²) in [5.74, 6) is 1.21. The van der Waals surface area contributed by atoms with Crippen molar-refractivity contribution < 1.29 is 9.53 Å². The van der Waals surface area contributed by atoms with Gasteiger partial charge in [-0.2, -0.15) is 0 Å². The van der Waals surface area contributed by atoms with E-state index in [2.05, 4.69) is 19.9 Å². The minimum atomic E-state index is -0.312. The molecule has 0 spiro atoms. The molecule has 2 aromatic rings. The molecular formula is C17H21N5O2. The Morgan fingerprint density at radius 1 is 1.17 bits per heavy atom. The summed E-state index contributed by atoms with van der Waals surface area (Å²) in [6, 6.07) is 1.92. The summed E-state index contributed by atoms with van der Waals surface area (Å²) in [5, 5.41) is 0. The van der Waals surface area contributed by atoms with Crippen LogP contribution in [0.3, 0.4) is 0 Å². The zero-order valence-electron chi connectivity index (χ0n) is 14.4. The number of morpholine rings is 1. The normalized spacial score (nSPS) is 17.8. The molecule has 1 unspecified atom stereocenters. The van der Waals surface area contributed by atoms with Crippen LogP contribution in [0.4, 0.5) is 0 Å². The standard InChI is InChI=1S/C17H21N5O2/c1-10-7-11(2)20-16(19-10)15-9-22(5-6-24-15)17(23)14-8-18-13(4)21-12(14)3/h7-8,15H,5-6,9H2,1-4H3. The summed E-state index contributed by atoms with van der Waals surface area (Å²) in [6.07, 6.45) is 1.28. The molecule has 24 heavy (non-hydrogen) atoms. The summed E-state index contributed by atoms with van der Waals surface area (Å²) in [6.45, 7) is 8.91. The van der Waals surface area contributed by atoms with Crippen LogP contribution in [0, 0.1) is 27.7 Å². The highest BCUT2D eigenvalue weighted by Crippen LogP contribution is 2.21. The van der Waals surface area contributed by atoms with Crippen LogP contribution in [0.1, 0.15) is 45.2 Å². The number of amides is 1. The molecule has 1 saturated heterocycles. The maximum Gasteiger partial charge on any atom is 0.257 e. The van der Waals surface area contributed by atoms with Gasteiger partial charge in [-0.3, -0.25) is 4.79 Å². The van der Waals surface area contributed by atoms with Crippen LogP contribution in [-0.2, 0) is 4.74 Å². The number of rotatable bonds is 2. The van der Waals surface area contributed by atoms with Crippen LogP contribution in [0.25, 0.3) is 0 Å². The van der Waals surface area contributed by atoms with Crippen molar-refractivity contribution in [3.63, 3.8) is 0 Å². The number of ether oxygens (including phenoxy) is 1. The van der Waals surface area contributed by atoms with E-state index in [-0.39, 0.29) is 12.0 Å². The van der Waals surface area contributed by atoms with Crippen LogP contribution in [0.15, 0.2) is 12.3 Å². The van der Waals surface area contributed by atoms with Gasteiger partial charge in [-0.25, -0.2) is 19.9 Å². The second kappa shape index (κ2) is 6.60. The van der Waals surface area contributed by atoms with Crippen LogP contribution in [0.5, 0.6) is 0 Å². The molecule has 7 nitrogen and oxygen atoms in total. The molecule has 0 aliphatic carbocycles. The van der Waals surface area contributed by atoms with E-state index in [4.69, 9.17) is 4.74 Å². The van der Waals surface area contributed by atoms with E-state index in [0.29, 0.717) is 42.6 Å². The molecule has 0 bridgehead atoms. The van der Waals surface area contributed by atoms with Gasteiger partial charge in [0.25, 0.3) is 5.91 Å². The zero-order chi connectivity index (χ0) is 17.3. The Labute approximate surface area is 141 Å². The van der Waals surface area contributed by atoms with Gasteiger partial charge in [0.15, 0.2) is 5.82 Å². The van der Waals surface area contributed by atoms with Gasteiger partial charge in [0.2, 0.25) is 0 Å². The number of aryl methyl sites for hydroxylation is 4. The minimum absolute atomic E-state index is 0.0785. The van der Waals surface area contributed by atoms with Crippen LogP contribution >= 0.6 is 0 Å². The molecule has 7 heteroatoms. The van der Waals surface area contributed by atoms with Gasteiger partial charge in [-0.1, -0.05) is 0 Å². The SMILES string of the molecule is Cc1cc(C)nc(C2CN(C(=O)c3cnc(C)nc3C)CCO2)n1. The third-order valence-corrected chi connectivity index (χ3v) is 3.97. The molecule has 1 atom stereocenters. The Hall–Kier alpha value is -2.41. The lowest BCUT2D eigenvalue weighted by Crippen LogP contribution is -2.43. The number of nitrogens with zero attached hydrogens (tertiary/aromatic N) is 5. The van der Waals surface area contributed by atoms with E-state index in [0.717, 1.165) is 11.4 Å². The first-order chi connectivity index (χ1) is 11.4. The van der Waals surface area contributed by atoms with Crippen molar-refractivity contribution in [3.05, 3.63) is 46.6 Å². The number of hydrogen-bond acceptors (Lipinski definition) is 6. The van der Waals surface area contributed by atoms with E-state index in [1.165, 1.54) is 0 Å². The third kappa shape index (κ3) is 3.41. The predicted molar refractivity (Wildman–Crippen MR) is 87.6 cm³/mol. The number of carbonyl (C=O) groups excluding carboxylic acids is 1. The highest BCUT2D eigenvalue weighted by atomic mass is 16.5. The van der Waals surface area contributed by atoms with Crippen LogP contribution < -0.4 is 0 Å². The van der Waals surface area contributed by atoms with Gasteiger partial charge in [-0.15, -0.1) is 0 Å². The molecule has 2 aromatic heterocycles. The Bertz CT molecular complexity index is 757. The summed E-state index contributed by atoms with van der Waals surface area (Å²) < 4.78 is 5.79. The molecule has 0 aromatic carbocycles. The van der Waals surface area contributed by atoms with Gasteiger partial charge in [0.1, 0.15) is 11.9 Å². The van der Waals surface area contributed by atoms with E-state index in [1.807, 2.05) is 33.8 Å². The molecule has 1 fully saturated rings. The summed E-state index contributed by atoms with van der Waals surface area (Å²) >= 11 is 0. The minimum Gasteiger partial charge on any atom is -0.367 e. The fourth-order valence-corrected chi connectivity index (χ4v) is 2.85. The molecule has 1 amide bonds. The molecule has 0 radical (unpaired) electrons. The highest BCUT2D eigenvalue weighted by Gasteiger charge is 2.29. The average Bonchev–Trinajstić information content (AvgIpc) is 2.53.